The summed E-state index contributed by atoms with van der Waals surface area (Å²) in [7, 11) is 0. The van der Waals surface area contributed by atoms with E-state index in [4.69, 9.17) is 5.11 Å². The molecule has 1 heterocycles. The summed E-state index contributed by atoms with van der Waals surface area (Å²) in [6.45, 7) is 0. The van der Waals surface area contributed by atoms with Crippen molar-refractivity contribution in [3.8, 4) is 17.2 Å². The molecule has 3 nitrogen and oxygen atoms in total. The number of para-hydroxylation sites is 1. The molecular weight excluding hydrogens is 201 g/mol. The minimum Gasteiger partial charge on any atom is -0.504 e. The number of fused-ring (bicyclic) bond motifs is 1. The largest absolute Gasteiger partial charge is 0.504 e. The van der Waals surface area contributed by atoms with E-state index in [1.807, 2.05) is 0 Å². The highest BCUT2D eigenvalue weighted by Crippen LogP contribution is 2.45. The standard InChI is InChI=1S/C8H5F3O3/c9-7-8(10,11)14-5-3-1-2-4(12)6(5)13-7/h1-3,7,12H/t7-/m1/s1. The minimum atomic E-state index is -4.03. The number of ether oxygens (including phenoxy) is 2. The number of hydrogen-bond acceptors (Lipinski definition) is 3. The Morgan fingerprint density at radius 2 is 2.07 bits per heavy atom. The van der Waals surface area contributed by atoms with Crippen LogP contribution in [0.5, 0.6) is 17.2 Å². The summed E-state index contributed by atoms with van der Waals surface area (Å²) in [6.07, 6.45) is -6.94. The van der Waals surface area contributed by atoms with Gasteiger partial charge in [0, 0.05) is 0 Å². The van der Waals surface area contributed by atoms with E-state index in [0.717, 1.165) is 6.07 Å². The molecule has 0 fully saturated rings. The number of benzene rings is 1. The third-order valence-electron chi connectivity index (χ3n) is 1.69. The molecule has 0 saturated carbocycles. The van der Waals surface area contributed by atoms with Gasteiger partial charge in [0.1, 0.15) is 0 Å². The summed E-state index contributed by atoms with van der Waals surface area (Å²) in [5.74, 6) is -1.24. The Morgan fingerprint density at radius 1 is 1.36 bits per heavy atom. The maximum Gasteiger partial charge on any atom is 0.468 e. The summed E-state index contributed by atoms with van der Waals surface area (Å²) < 4.78 is 46.0. The second-order valence-corrected chi connectivity index (χ2v) is 2.70. The number of alkyl halides is 3. The summed E-state index contributed by atoms with van der Waals surface area (Å²) in [5.41, 5.74) is 0. The molecule has 2 rings (SSSR count). The molecule has 1 aromatic rings. The summed E-state index contributed by atoms with van der Waals surface area (Å²) in [6, 6.07) is 3.61. The van der Waals surface area contributed by atoms with Gasteiger partial charge in [-0.05, 0) is 12.1 Å². The minimum absolute atomic E-state index is 0.385. The van der Waals surface area contributed by atoms with Crippen molar-refractivity contribution in [3.63, 3.8) is 0 Å². The van der Waals surface area contributed by atoms with Gasteiger partial charge in [0.05, 0.1) is 0 Å². The monoisotopic (exact) mass is 206 g/mol. The quantitative estimate of drug-likeness (QED) is 0.706. The molecule has 1 aliphatic rings. The number of phenolic OH excluding ortho intramolecular Hbond substituents is 1. The van der Waals surface area contributed by atoms with Crippen molar-refractivity contribution in [3.05, 3.63) is 18.2 Å². The Hall–Kier alpha value is -1.59. The maximum absolute atomic E-state index is 12.6. The van der Waals surface area contributed by atoms with E-state index in [1.54, 1.807) is 0 Å². The molecule has 0 bridgehead atoms. The lowest BCUT2D eigenvalue weighted by Crippen LogP contribution is -2.43. The second kappa shape index (κ2) is 2.70. The molecule has 0 aliphatic carbocycles. The normalized spacial score (nSPS) is 23.2. The fourth-order valence-corrected chi connectivity index (χ4v) is 1.07. The van der Waals surface area contributed by atoms with Crippen molar-refractivity contribution in [1.29, 1.82) is 0 Å². The first-order valence-corrected chi connectivity index (χ1v) is 3.70. The Bertz CT molecular complexity index is 367. The molecule has 0 radical (unpaired) electrons. The molecule has 0 unspecified atom stereocenters. The predicted molar refractivity (Wildman–Crippen MR) is 39.2 cm³/mol. The fourth-order valence-electron chi connectivity index (χ4n) is 1.07. The predicted octanol–water partition coefficient (Wildman–Crippen LogP) is 2.05. The zero-order valence-electron chi connectivity index (χ0n) is 6.71. The lowest BCUT2D eigenvalue weighted by Gasteiger charge is -2.28. The Balaban J connectivity index is 2.45. The number of halogens is 3. The molecule has 1 atom stereocenters. The summed E-state index contributed by atoms with van der Waals surface area (Å²) in [5, 5.41) is 9.13. The Kier molecular flexibility index (Phi) is 1.73. The molecule has 76 valence electrons. The van der Waals surface area contributed by atoms with Crippen LogP contribution in [0.2, 0.25) is 0 Å². The fraction of sp³-hybridized carbons (Fsp3) is 0.250. The highest BCUT2D eigenvalue weighted by Gasteiger charge is 2.50. The lowest BCUT2D eigenvalue weighted by molar-refractivity contribution is -0.281. The van der Waals surface area contributed by atoms with E-state index in [0.29, 0.717) is 0 Å². The zero-order valence-corrected chi connectivity index (χ0v) is 6.71. The van der Waals surface area contributed by atoms with Crippen LogP contribution in [0.25, 0.3) is 0 Å². The van der Waals surface area contributed by atoms with Crippen LogP contribution in [0.1, 0.15) is 0 Å². The van der Waals surface area contributed by atoms with Crippen molar-refractivity contribution >= 4 is 0 Å². The number of phenols is 1. The SMILES string of the molecule is Oc1cccc2c1O[C@@H](F)C(F)(F)O2. The molecule has 0 saturated heterocycles. The van der Waals surface area contributed by atoms with Gasteiger partial charge in [-0.2, -0.15) is 13.2 Å². The van der Waals surface area contributed by atoms with Gasteiger partial charge >= 0.3 is 12.5 Å². The number of hydrogen-bond donors (Lipinski definition) is 1. The molecule has 0 amide bonds. The van der Waals surface area contributed by atoms with Crippen LogP contribution in [0.4, 0.5) is 13.2 Å². The van der Waals surface area contributed by atoms with E-state index in [9.17, 15) is 13.2 Å². The van der Waals surface area contributed by atoms with E-state index in [-0.39, 0.29) is 5.75 Å². The van der Waals surface area contributed by atoms with Gasteiger partial charge in [-0.1, -0.05) is 6.07 Å². The topological polar surface area (TPSA) is 38.7 Å². The molecule has 0 aromatic heterocycles. The number of aromatic hydroxyl groups is 1. The van der Waals surface area contributed by atoms with Crippen LogP contribution in [0.3, 0.4) is 0 Å². The van der Waals surface area contributed by atoms with Crippen LogP contribution in [0, 0.1) is 0 Å². The first-order chi connectivity index (χ1) is 6.50. The van der Waals surface area contributed by atoms with E-state index >= 15 is 0 Å². The van der Waals surface area contributed by atoms with Gasteiger partial charge in [0.15, 0.2) is 11.5 Å². The van der Waals surface area contributed by atoms with Crippen LogP contribution in [-0.2, 0) is 0 Å². The van der Waals surface area contributed by atoms with Gasteiger partial charge in [0.25, 0.3) is 0 Å². The van der Waals surface area contributed by atoms with Gasteiger partial charge in [-0.25, -0.2) is 0 Å². The third-order valence-corrected chi connectivity index (χ3v) is 1.69. The zero-order chi connectivity index (χ0) is 10.3. The number of rotatable bonds is 0. The third kappa shape index (κ3) is 1.23. The highest BCUT2D eigenvalue weighted by molar-refractivity contribution is 5.51. The van der Waals surface area contributed by atoms with Gasteiger partial charge in [-0.15, -0.1) is 0 Å². The summed E-state index contributed by atoms with van der Waals surface area (Å²) in [4.78, 5) is 0. The Morgan fingerprint density at radius 3 is 2.79 bits per heavy atom. The highest BCUT2D eigenvalue weighted by atomic mass is 19.3. The van der Waals surface area contributed by atoms with Crippen molar-refractivity contribution in [2.24, 2.45) is 0 Å². The van der Waals surface area contributed by atoms with E-state index in [2.05, 4.69) is 9.47 Å². The molecule has 1 aromatic carbocycles. The lowest BCUT2D eigenvalue weighted by atomic mass is 10.3. The van der Waals surface area contributed by atoms with Crippen molar-refractivity contribution < 1.29 is 27.8 Å². The van der Waals surface area contributed by atoms with Crippen LogP contribution in [0.15, 0.2) is 18.2 Å². The van der Waals surface area contributed by atoms with E-state index < -0.39 is 24.0 Å². The molecule has 1 N–H and O–H groups in total. The smallest absolute Gasteiger partial charge is 0.468 e. The average Bonchev–Trinajstić information content (AvgIpc) is 2.08. The van der Waals surface area contributed by atoms with Crippen molar-refractivity contribution in [2.45, 2.75) is 12.5 Å². The average molecular weight is 206 g/mol. The molecule has 0 spiro atoms. The van der Waals surface area contributed by atoms with Crippen LogP contribution in [-0.4, -0.2) is 17.6 Å². The Labute approximate surface area is 76.7 Å². The first kappa shape index (κ1) is 8.98. The van der Waals surface area contributed by atoms with Crippen molar-refractivity contribution in [1.82, 2.24) is 0 Å². The molecular formula is C8H5F3O3. The van der Waals surface area contributed by atoms with Gasteiger partial charge in [-0.3, -0.25) is 0 Å². The van der Waals surface area contributed by atoms with Crippen LogP contribution < -0.4 is 9.47 Å². The maximum atomic E-state index is 12.6. The van der Waals surface area contributed by atoms with Gasteiger partial charge in [0.2, 0.25) is 5.75 Å². The molecule has 6 heteroatoms. The second-order valence-electron chi connectivity index (χ2n) is 2.70. The van der Waals surface area contributed by atoms with Crippen molar-refractivity contribution in [2.75, 3.05) is 0 Å². The summed E-state index contributed by atoms with van der Waals surface area (Å²) >= 11 is 0. The van der Waals surface area contributed by atoms with E-state index in [1.165, 1.54) is 12.1 Å². The first-order valence-electron chi connectivity index (χ1n) is 3.70. The molecule has 14 heavy (non-hydrogen) atoms. The van der Waals surface area contributed by atoms with Gasteiger partial charge < -0.3 is 14.6 Å². The van der Waals surface area contributed by atoms with Crippen LogP contribution >= 0.6 is 0 Å². The molecule has 1 aliphatic heterocycles.